The number of ether oxygens (including phenoxy) is 1. The molecule has 0 bridgehead atoms. The fraction of sp³-hybridized carbons (Fsp3) is 0.300. The van der Waals surface area contributed by atoms with E-state index >= 15 is 0 Å². The van der Waals surface area contributed by atoms with Crippen LogP contribution in [0.5, 0.6) is 5.75 Å². The highest BCUT2D eigenvalue weighted by atomic mass is 31.2. The van der Waals surface area contributed by atoms with Gasteiger partial charge in [-0.3, -0.25) is 10.1 Å². The fourth-order valence-corrected chi connectivity index (χ4v) is 1.96. The molecule has 0 saturated carbocycles. The van der Waals surface area contributed by atoms with Gasteiger partial charge in [0.25, 0.3) is 0 Å². The lowest BCUT2D eigenvalue weighted by Gasteiger charge is -2.13. The van der Waals surface area contributed by atoms with Gasteiger partial charge >= 0.3 is 13.6 Å². The molecule has 1 aromatic rings. The number of carbonyl (C=O) groups is 1. The summed E-state index contributed by atoms with van der Waals surface area (Å²) in [7, 11) is -2.56. The van der Waals surface area contributed by atoms with Crippen LogP contribution in [0, 0.1) is 0 Å². The van der Waals surface area contributed by atoms with Crippen LogP contribution in [0.4, 0.5) is 0 Å². The summed E-state index contributed by atoms with van der Waals surface area (Å²) in [5, 5.41) is 2.48. The third kappa shape index (κ3) is 5.49. The average Bonchev–Trinajstić information content (AvgIpc) is 2.29. The maximum atomic E-state index is 11.6. The van der Waals surface area contributed by atoms with E-state index in [9.17, 15) is 14.3 Å². The van der Waals surface area contributed by atoms with Gasteiger partial charge in [-0.2, -0.15) is 0 Å². The van der Waals surface area contributed by atoms with E-state index in [2.05, 4.69) is 10.1 Å². The summed E-state index contributed by atoms with van der Waals surface area (Å²) in [4.78, 5) is 20.2. The lowest BCUT2D eigenvalue weighted by Crippen LogP contribution is -2.25. The van der Waals surface area contributed by atoms with E-state index in [4.69, 9.17) is 4.52 Å². The summed E-state index contributed by atoms with van der Waals surface area (Å²) in [6.07, 6.45) is -0.322. The molecule has 1 atom stereocenters. The SMILES string of the molecule is COC(=O)CNCP(=O)(O)Oc1ccccc1. The first-order valence-electron chi connectivity index (χ1n) is 4.87. The predicted octanol–water partition coefficient (Wildman–Crippen LogP) is 0.971. The smallest absolute Gasteiger partial charge is 0.390 e. The van der Waals surface area contributed by atoms with E-state index in [0.717, 1.165) is 0 Å². The number of carbonyl (C=O) groups excluding carboxylic acids is 1. The lowest BCUT2D eigenvalue weighted by molar-refractivity contribution is -0.139. The lowest BCUT2D eigenvalue weighted by atomic mass is 10.3. The molecule has 1 unspecified atom stereocenters. The number of hydrogen-bond acceptors (Lipinski definition) is 5. The molecule has 6 nitrogen and oxygen atoms in total. The van der Waals surface area contributed by atoms with E-state index in [-0.39, 0.29) is 12.8 Å². The molecule has 0 radical (unpaired) electrons. The highest BCUT2D eigenvalue weighted by molar-refractivity contribution is 7.53. The van der Waals surface area contributed by atoms with Crippen molar-refractivity contribution in [3.8, 4) is 5.75 Å². The van der Waals surface area contributed by atoms with Crippen molar-refractivity contribution < 1.29 is 23.5 Å². The molecule has 1 rings (SSSR count). The molecule has 17 heavy (non-hydrogen) atoms. The van der Waals surface area contributed by atoms with Gasteiger partial charge < -0.3 is 14.2 Å². The average molecular weight is 259 g/mol. The molecule has 1 aromatic carbocycles. The topological polar surface area (TPSA) is 84.9 Å². The van der Waals surface area contributed by atoms with Crippen molar-refractivity contribution in [1.82, 2.24) is 5.32 Å². The van der Waals surface area contributed by atoms with Gasteiger partial charge in [0.15, 0.2) is 0 Å². The van der Waals surface area contributed by atoms with Gasteiger partial charge in [0.1, 0.15) is 12.0 Å². The van der Waals surface area contributed by atoms with E-state index < -0.39 is 13.6 Å². The molecule has 0 fully saturated rings. The number of nitrogens with one attached hydrogen (secondary N) is 1. The number of benzene rings is 1. The monoisotopic (exact) mass is 259 g/mol. The molecule has 0 aliphatic rings. The second kappa shape index (κ2) is 6.39. The number of rotatable bonds is 6. The molecule has 0 aliphatic heterocycles. The Morgan fingerprint density at radius 3 is 2.65 bits per heavy atom. The van der Waals surface area contributed by atoms with Gasteiger partial charge in [0.05, 0.1) is 13.7 Å². The minimum Gasteiger partial charge on any atom is -0.468 e. The van der Waals surface area contributed by atoms with Crippen LogP contribution >= 0.6 is 7.60 Å². The summed E-state index contributed by atoms with van der Waals surface area (Å²) in [6.45, 7) is -0.140. The molecule has 0 aliphatic carbocycles. The van der Waals surface area contributed by atoms with Gasteiger partial charge in [0.2, 0.25) is 0 Å². The van der Waals surface area contributed by atoms with Gasteiger partial charge in [-0.15, -0.1) is 0 Å². The van der Waals surface area contributed by atoms with Crippen molar-refractivity contribution in [2.45, 2.75) is 0 Å². The van der Waals surface area contributed by atoms with Crippen LogP contribution in [-0.4, -0.2) is 30.8 Å². The summed E-state index contributed by atoms with van der Waals surface area (Å²) in [5.74, 6) is -0.206. The van der Waals surface area contributed by atoms with Crippen molar-refractivity contribution in [2.75, 3.05) is 19.9 Å². The van der Waals surface area contributed by atoms with Crippen LogP contribution in [0.25, 0.3) is 0 Å². The zero-order valence-electron chi connectivity index (χ0n) is 9.33. The molecule has 7 heteroatoms. The normalized spacial score (nSPS) is 13.8. The molecule has 94 valence electrons. The Balaban J connectivity index is 2.41. The summed E-state index contributed by atoms with van der Waals surface area (Å²) in [6, 6.07) is 8.30. The Bertz CT molecular complexity index is 408. The zero-order chi connectivity index (χ0) is 12.7. The largest absolute Gasteiger partial charge is 0.468 e. The Morgan fingerprint density at radius 2 is 2.06 bits per heavy atom. The van der Waals surface area contributed by atoms with Crippen LogP contribution in [0.15, 0.2) is 30.3 Å². The Kier molecular flexibility index (Phi) is 5.15. The van der Waals surface area contributed by atoms with E-state index in [0.29, 0.717) is 5.75 Å². The first-order valence-corrected chi connectivity index (χ1v) is 6.64. The first-order chi connectivity index (χ1) is 8.03. The van der Waals surface area contributed by atoms with Crippen LogP contribution in [0.3, 0.4) is 0 Å². The van der Waals surface area contributed by atoms with Crippen LogP contribution in [0.2, 0.25) is 0 Å². The van der Waals surface area contributed by atoms with Gasteiger partial charge in [-0.05, 0) is 12.1 Å². The Labute approximate surface area is 99.1 Å². The predicted molar refractivity (Wildman–Crippen MR) is 61.8 cm³/mol. The molecule has 0 saturated heterocycles. The molecule has 0 spiro atoms. The van der Waals surface area contributed by atoms with E-state index in [1.807, 2.05) is 0 Å². The van der Waals surface area contributed by atoms with Gasteiger partial charge in [-0.25, -0.2) is 4.57 Å². The second-order valence-electron chi connectivity index (χ2n) is 3.20. The maximum absolute atomic E-state index is 11.6. The minimum absolute atomic E-state index is 0.140. The summed E-state index contributed by atoms with van der Waals surface area (Å²) in [5.41, 5.74) is 0. The van der Waals surface area contributed by atoms with Crippen molar-refractivity contribution >= 4 is 13.6 Å². The third-order valence-electron chi connectivity index (χ3n) is 1.80. The summed E-state index contributed by atoms with van der Waals surface area (Å²) < 4.78 is 20.9. The molecule has 0 heterocycles. The Morgan fingerprint density at radius 1 is 1.41 bits per heavy atom. The van der Waals surface area contributed by atoms with E-state index in [1.54, 1.807) is 30.3 Å². The van der Waals surface area contributed by atoms with Crippen molar-refractivity contribution in [3.63, 3.8) is 0 Å². The van der Waals surface area contributed by atoms with Crippen LogP contribution in [-0.2, 0) is 14.1 Å². The molecule has 2 N–H and O–H groups in total. The fourth-order valence-electron chi connectivity index (χ4n) is 1.05. The second-order valence-corrected chi connectivity index (χ2v) is 4.98. The quantitative estimate of drug-likeness (QED) is 0.585. The van der Waals surface area contributed by atoms with Crippen LogP contribution < -0.4 is 9.84 Å². The molecule has 0 amide bonds. The zero-order valence-corrected chi connectivity index (χ0v) is 10.2. The maximum Gasteiger partial charge on any atom is 0.390 e. The third-order valence-corrected chi connectivity index (χ3v) is 2.92. The standard InChI is InChI=1S/C10H14NO5P/c1-15-10(12)7-11-8-17(13,14)16-9-5-3-2-4-6-9/h2-6,11H,7-8H2,1H3,(H,13,14). The van der Waals surface area contributed by atoms with Gasteiger partial charge in [-0.1, -0.05) is 18.2 Å². The minimum atomic E-state index is -3.80. The van der Waals surface area contributed by atoms with Crippen molar-refractivity contribution in [3.05, 3.63) is 30.3 Å². The van der Waals surface area contributed by atoms with Crippen molar-refractivity contribution in [2.24, 2.45) is 0 Å². The number of para-hydroxylation sites is 1. The highest BCUT2D eigenvalue weighted by Crippen LogP contribution is 2.40. The molecule has 0 aromatic heterocycles. The highest BCUT2D eigenvalue weighted by Gasteiger charge is 2.20. The van der Waals surface area contributed by atoms with E-state index in [1.165, 1.54) is 7.11 Å². The number of methoxy groups -OCH3 is 1. The van der Waals surface area contributed by atoms with Crippen molar-refractivity contribution in [1.29, 1.82) is 0 Å². The number of hydrogen-bond donors (Lipinski definition) is 2. The molecular formula is C10H14NO5P. The summed E-state index contributed by atoms with van der Waals surface area (Å²) >= 11 is 0. The Hall–Kier alpha value is -1.36. The van der Waals surface area contributed by atoms with Gasteiger partial charge in [0, 0.05) is 0 Å². The molecular weight excluding hydrogens is 245 g/mol. The van der Waals surface area contributed by atoms with Crippen LogP contribution in [0.1, 0.15) is 0 Å². The number of esters is 1. The first kappa shape index (κ1) is 13.7.